The molecule has 26 heavy (non-hydrogen) atoms. The minimum absolute atomic E-state index is 0.0574. The van der Waals surface area contributed by atoms with Crippen LogP contribution in [0.5, 0.6) is 0 Å². The van der Waals surface area contributed by atoms with Crippen molar-refractivity contribution >= 4 is 17.8 Å². The third-order valence-corrected chi connectivity index (χ3v) is 3.76. The van der Waals surface area contributed by atoms with Gasteiger partial charge in [0.1, 0.15) is 0 Å². The molecule has 0 heterocycles. The first-order valence-corrected chi connectivity index (χ1v) is 8.24. The number of allylic oxidation sites excluding steroid dienone is 2. The summed E-state index contributed by atoms with van der Waals surface area (Å²) >= 11 is 0. The van der Waals surface area contributed by atoms with E-state index in [0.29, 0.717) is 12.0 Å². The highest BCUT2D eigenvalue weighted by molar-refractivity contribution is 5.94. The van der Waals surface area contributed by atoms with Crippen LogP contribution in [0.4, 0.5) is 5.69 Å². The van der Waals surface area contributed by atoms with E-state index in [4.69, 9.17) is 0 Å². The quantitative estimate of drug-likeness (QED) is 0.353. The molecule has 0 aliphatic carbocycles. The average Bonchev–Trinajstić information content (AvgIpc) is 2.64. The molecule has 0 spiro atoms. The Morgan fingerprint density at radius 3 is 2.27 bits per heavy atom. The lowest BCUT2D eigenvalue weighted by molar-refractivity contribution is -0.384. The molecule has 6 heteroatoms. The maximum Gasteiger partial charge on any atom is 0.271 e. The lowest BCUT2D eigenvalue weighted by Crippen LogP contribution is -2.17. The summed E-state index contributed by atoms with van der Waals surface area (Å²) in [4.78, 5) is 22.1. The summed E-state index contributed by atoms with van der Waals surface area (Å²) in [6.45, 7) is 4.13. The standard InChI is InChI=1S/C20H21N3O3/c1-15(2)7-8-16-5-3-4-6-17(16)13-14-21-22-20(24)18-9-11-19(12-10-18)23(25)26/h3-7,9-12,14H,8,13H2,1-2H3,(H,22,24)/b21-14+. The Kier molecular flexibility index (Phi) is 6.79. The molecule has 0 aromatic heterocycles. The predicted octanol–water partition coefficient (Wildman–Crippen LogP) is 4.06. The summed E-state index contributed by atoms with van der Waals surface area (Å²) < 4.78 is 0. The molecule has 1 N–H and O–H groups in total. The summed E-state index contributed by atoms with van der Waals surface area (Å²) in [5.74, 6) is -0.408. The van der Waals surface area contributed by atoms with Gasteiger partial charge in [-0.1, -0.05) is 35.9 Å². The van der Waals surface area contributed by atoms with Crippen molar-refractivity contribution in [3.05, 3.63) is 87.0 Å². The second-order valence-electron chi connectivity index (χ2n) is 6.02. The van der Waals surface area contributed by atoms with Crippen LogP contribution in [0.25, 0.3) is 0 Å². The summed E-state index contributed by atoms with van der Waals surface area (Å²) in [5.41, 5.74) is 6.34. The topological polar surface area (TPSA) is 84.6 Å². The molecule has 0 fully saturated rings. The van der Waals surface area contributed by atoms with Crippen LogP contribution in [0.15, 0.2) is 65.3 Å². The molecule has 0 unspecified atom stereocenters. The Morgan fingerprint density at radius 2 is 1.69 bits per heavy atom. The Bertz CT molecular complexity index is 836. The number of rotatable bonds is 7. The first kappa shape index (κ1) is 19.1. The Labute approximate surface area is 152 Å². The fourth-order valence-corrected chi connectivity index (χ4v) is 2.32. The summed E-state index contributed by atoms with van der Waals surface area (Å²) in [6.07, 6.45) is 5.28. The van der Waals surface area contributed by atoms with Crippen LogP contribution in [0.1, 0.15) is 35.3 Å². The fourth-order valence-electron chi connectivity index (χ4n) is 2.32. The van der Waals surface area contributed by atoms with E-state index in [9.17, 15) is 14.9 Å². The van der Waals surface area contributed by atoms with Crippen LogP contribution in [0.3, 0.4) is 0 Å². The predicted molar refractivity (Wildman–Crippen MR) is 102 cm³/mol. The van der Waals surface area contributed by atoms with Crippen molar-refractivity contribution in [1.29, 1.82) is 0 Å². The highest BCUT2D eigenvalue weighted by Crippen LogP contribution is 2.12. The van der Waals surface area contributed by atoms with Gasteiger partial charge >= 0.3 is 0 Å². The van der Waals surface area contributed by atoms with Crippen molar-refractivity contribution in [3.63, 3.8) is 0 Å². The SMILES string of the molecule is CC(C)=CCc1ccccc1C/C=N/NC(=O)c1ccc([N+](=O)[O-])cc1. The lowest BCUT2D eigenvalue weighted by Gasteiger charge is -2.05. The largest absolute Gasteiger partial charge is 0.271 e. The van der Waals surface area contributed by atoms with Crippen LogP contribution < -0.4 is 5.43 Å². The smallest absolute Gasteiger partial charge is 0.267 e. The van der Waals surface area contributed by atoms with Gasteiger partial charge in [0, 0.05) is 30.3 Å². The van der Waals surface area contributed by atoms with Crippen molar-refractivity contribution in [3.8, 4) is 0 Å². The monoisotopic (exact) mass is 351 g/mol. The number of hydrazone groups is 1. The molecule has 2 aromatic carbocycles. The van der Waals surface area contributed by atoms with E-state index in [2.05, 4.69) is 36.5 Å². The molecule has 0 atom stereocenters. The zero-order chi connectivity index (χ0) is 18.9. The second-order valence-corrected chi connectivity index (χ2v) is 6.02. The molecular formula is C20H21N3O3. The van der Waals surface area contributed by atoms with Gasteiger partial charge in [-0.15, -0.1) is 0 Å². The minimum atomic E-state index is -0.507. The van der Waals surface area contributed by atoms with Crippen LogP contribution in [-0.2, 0) is 12.8 Å². The summed E-state index contributed by atoms with van der Waals surface area (Å²) in [5, 5.41) is 14.6. The number of hydrogen-bond acceptors (Lipinski definition) is 4. The third-order valence-electron chi connectivity index (χ3n) is 3.76. The third kappa shape index (κ3) is 5.66. The van der Waals surface area contributed by atoms with Gasteiger partial charge in [0.25, 0.3) is 11.6 Å². The summed E-state index contributed by atoms with van der Waals surface area (Å²) in [7, 11) is 0. The second kappa shape index (κ2) is 9.27. The van der Waals surface area contributed by atoms with Gasteiger partial charge in [-0.05, 0) is 43.5 Å². The van der Waals surface area contributed by atoms with E-state index >= 15 is 0 Å². The van der Waals surface area contributed by atoms with Crippen molar-refractivity contribution in [2.24, 2.45) is 5.10 Å². The van der Waals surface area contributed by atoms with E-state index in [1.807, 2.05) is 18.2 Å². The van der Waals surface area contributed by atoms with Crippen molar-refractivity contribution < 1.29 is 9.72 Å². The zero-order valence-corrected chi connectivity index (χ0v) is 14.8. The highest BCUT2D eigenvalue weighted by Gasteiger charge is 2.08. The molecule has 0 aliphatic rings. The van der Waals surface area contributed by atoms with Crippen LogP contribution >= 0.6 is 0 Å². The number of nitro groups is 1. The van der Waals surface area contributed by atoms with E-state index < -0.39 is 10.8 Å². The number of non-ortho nitro benzene ring substituents is 1. The van der Waals surface area contributed by atoms with Gasteiger partial charge in [0.05, 0.1) is 4.92 Å². The number of carbonyl (C=O) groups excluding carboxylic acids is 1. The normalized spacial score (nSPS) is 10.5. The van der Waals surface area contributed by atoms with E-state index in [1.54, 1.807) is 6.21 Å². The van der Waals surface area contributed by atoms with Crippen LogP contribution in [0.2, 0.25) is 0 Å². The van der Waals surface area contributed by atoms with Crippen molar-refractivity contribution in [2.75, 3.05) is 0 Å². The number of amides is 1. The average molecular weight is 351 g/mol. The Hall–Kier alpha value is -3.28. The van der Waals surface area contributed by atoms with Gasteiger partial charge in [0.15, 0.2) is 0 Å². The van der Waals surface area contributed by atoms with Crippen LogP contribution in [0, 0.1) is 10.1 Å². The number of benzene rings is 2. The van der Waals surface area contributed by atoms with E-state index in [1.165, 1.54) is 35.4 Å². The van der Waals surface area contributed by atoms with Crippen molar-refractivity contribution in [1.82, 2.24) is 5.43 Å². The molecule has 2 aromatic rings. The molecule has 1 amide bonds. The molecule has 0 bridgehead atoms. The summed E-state index contributed by atoms with van der Waals surface area (Å²) in [6, 6.07) is 13.5. The first-order chi connectivity index (χ1) is 12.5. The molecule has 0 saturated carbocycles. The van der Waals surface area contributed by atoms with Crippen molar-refractivity contribution in [2.45, 2.75) is 26.7 Å². The molecule has 134 valence electrons. The van der Waals surface area contributed by atoms with Gasteiger partial charge in [-0.25, -0.2) is 5.43 Å². The number of nitrogens with zero attached hydrogens (tertiary/aromatic N) is 2. The van der Waals surface area contributed by atoms with Gasteiger partial charge in [0.2, 0.25) is 0 Å². The van der Waals surface area contributed by atoms with Gasteiger partial charge < -0.3 is 0 Å². The Balaban J connectivity index is 1.94. The molecule has 0 radical (unpaired) electrons. The number of nitrogens with one attached hydrogen (secondary N) is 1. The Morgan fingerprint density at radius 1 is 1.08 bits per heavy atom. The molecule has 2 rings (SSSR count). The van der Waals surface area contributed by atoms with Gasteiger partial charge in [-0.3, -0.25) is 14.9 Å². The molecule has 6 nitrogen and oxygen atoms in total. The maximum absolute atomic E-state index is 12.0. The highest BCUT2D eigenvalue weighted by atomic mass is 16.6. The van der Waals surface area contributed by atoms with Crippen LogP contribution in [-0.4, -0.2) is 17.0 Å². The van der Waals surface area contributed by atoms with E-state index in [-0.39, 0.29) is 5.69 Å². The fraction of sp³-hybridized carbons (Fsp3) is 0.200. The molecule has 0 aliphatic heterocycles. The first-order valence-electron chi connectivity index (χ1n) is 8.24. The lowest BCUT2D eigenvalue weighted by atomic mass is 10.0. The maximum atomic E-state index is 12.0. The molecule has 0 saturated heterocycles. The number of hydrogen-bond donors (Lipinski definition) is 1. The number of carbonyl (C=O) groups is 1. The zero-order valence-electron chi connectivity index (χ0n) is 14.8. The number of nitro benzene ring substituents is 1. The van der Waals surface area contributed by atoms with Gasteiger partial charge in [-0.2, -0.15) is 5.10 Å². The van der Waals surface area contributed by atoms with E-state index in [0.717, 1.165) is 12.0 Å². The minimum Gasteiger partial charge on any atom is -0.267 e. The molecular weight excluding hydrogens is 330 g/mol.